The maximum Gasteiger partial charge on any atom is 0.243 e. The lowest BCUT2D eigenvalue weighted by Crippen LogP contribution is -2.45. The van der Waals surface area contributed by atoms with Crippen molar-refractivity contribution < 1.29 is 27.4 Å². The van der Waals surface area contributed by atoms with Gasteiger partial charge in [-0.1, -0.05) is 0 Å². The minimum Gasteiger partial charge on any atom is -0.493 e. The summed E-state index contributed by atoms with van der Waals surface area (Å²) in [6, 6.07) is 4.49. The number of nitrogens with zero attached hydrogens (tertiary/aromatic N) is 1. The van der Waals surface area contributed by atoms with Gasteiger partial charge < -0.3 is 19.5 Å². The smallest absolute Gasteiger partial charge is 0.243 e. The number of ether oxygens (including phenoxy) is 3. The summed E-state index contributed by atoms with van der Waals surface area (Å²) < 4.78 is 42.5. The van der Waals surface area contributed by atoms with Crippen LogP contribution in [0, 0.1) is 5.92 Å². The van der Waals surface area contributed by atoms with E-state index in [0.29, 0.717) is 44.0 Å². The fourth-order valence-corrected chi connectivity index (χ4v) is 4.46. The maximum atomic E-state index is 13.0. The molecule has 146 valence electrons. The molecule has 1 aliphatic heterocycles. The molecule has 1 aromatic rings. The molecule has 0 aromatic heterocycles. The average molecular weight is 386 g/mol. The predicted octanol–water partition coefficient (Wildman–Crippen LogP) is 0.867. The Kier molecular flexibility index (Phi) is 7.24. The minimum atomic E-state index is -3.72. The van der Waals surface area contributed by atoms with Gasteiger partial charge in [0.15, 0.2) is 11.5 Å². The highest BCUT2D eigenvalue weighted by Crippen LogP contribution is 2.32. The molecule has 1 saturated heterocycles. The Labute approximate surface area is 154 Å². The lowest BCUT2D eigenvalue weighted by Gasteiger charge is -2.31. The van der Waals surface area contributed by atoms with Crippen LogP contribution in [0.3, 0.4) is 0 Å². The van der Waals surface area contributed by atoms with Crippen molar-refractivity contribution in [2.45, 2.75) is 17.7 Å². The van der Waals surface area contributed by atoms with Crippen molar-refractivity contribution in [1.29, 1.82) is 0 Å². The van der Waals surface area contributed by atoms with E-state index in [1.54, 1.807) is 13.2 Å². The number of carbonyl (C=O) groups is 1. The summed E-state index contributed by atoms with van der Waals surface area (Å²) in [5, 5.41) is 2.78. The standard InChI is InChI=1S/C17H26N2O6S/c1-23-10-8-18-17(20)13-5-4-9-19(12-13)26(21,22)14-6-7-15(24-2)16(11-14)25-3/h6-7,11,13H,4-5,8-10,12H2,1-3H3,(H,18,20). The van der Waals surface area contributed by atoms with Crippen LogP contribution in [-0.4, -0.2) is 66.2 Å². The van der Waals surface area contributed by atoms with E-state index in [2.05, 4.69) is 5.32 Å². The third kappa shape index (κ3) is 4.66. The number of hydrogen-bond donors (Lipinski definition) is 1. The fourth-order valence-electron chi connectivity index (χ4n) is 2.92. The van der Waals surface area contributed by atoms with Crippen LogP contribution in [0.5, 0.6) is 11.5 Å². The first kappa shape index (κ1) is 20.5. The van der Waals surface area contributed by atoms with E-state index < -0.39 is 10.0 Å². The molecular weight excluding hydrogens is 360 g/mol. The lowest BCUT2D eigenvalue weighted by molar-refractivity contribution is -0.126. The van der Waals surface area contributed by atoms with Crippen molar-refractivity contribution in [3.63, 3.8) is 0 Å². The minimum absolute atomic E-state index is 0.121. The van der Waals surface area contributed by atoms with Gasteiger partial charge in [-0.2, -0.15) is 4.31 Å². The monoisotopic (exact) mass is 386 g/mol. The van der Waals surface area contributed by atoms with Crippen molar-refractivity contribution in [2.24, 2.45) is 5.92 Å². The molecule has 1 heterocycles. The van der Waals surface area contributed by atoms with Crippen LogP contribution in [0.25, 0.3) is 0 Å². The summed E-state index contributed by atoms with van der Waals surface area (Å²) >= 11 is 0. The van der Waals surface area contributed by atoms with E-state index in [1.807, 2.05) is 0 Å². The van der Waals surface area contributed by atoms with Crippen LogP contribution in [-0.2, 0) is 19.6 Å². The SMILES string of the molecule is COCCNC(=O)C1CCCN(S(=O)(=O)c2ccc(OC)c(OC)c2)C1. The van der Waals surface area contributed by atoms with Gasteiger partial charge in [-0.25, -0.2) is 8.42 Å². The highest BCUT2D eigenvalue weighted by molar-refractivity contribution is 7.89. The Balaban J connectivity index is 2.14. The zero-order chi connectivity index (χ0) is 19.2. The number of sulfonamides is 1. The normalized spacial score (nSPS) is 18.3. The number of rotatable bonds is 8. The van der Waals surface area contributed by atoms with Gasteiger partial charge in [-0.15, -0.1) is 0 Å². The fraction of sp³-hybridized carbons (Fsp3) is 0.588. The third-order valence-corrected chi connectivity index (χ3v) is 6.21. The highest BCUT2D eigenvalue weighted by Gasteiger charge is 2.33. The first-order chi connectivity index (χ1) is 12.4. The first-order valence-corrected chi connectivity index (χ1v) is 9.87. The van der Waals surface area contributed by atoms with Crippen LogP contribution >= 0.6 is 0 Å². The number of carbonyl (C=O) groups excluding carboxylic acids is 1. The number of nitrogens with one attached hydrogen (secondary N) is 1. The van der Waals surface area contributed by atoms with Gasteiger partial charge in [0.1, 0.15) is 0 Å². The van der Waals surface area contributed by atoms with Crippen molar-refractivity contribution in [3.05, 3.63) is 18.2 Å². The topological polar surface area (TPSA) is 94.2 Å². The van der Waals surface area contributed by atoms with Crippen LogP contribution in [0.4, 0.5) is 0 Å². The summed E-state index contributed by atoms with van der Waals surface area (Å²) in [7, 11) is 0.785. The molecule has 26 heavy (non-hydrogen) atoms. The summed E-state index contributed by atoms with van der Waals surface area (Å²) in [6.45, 7) is 1.38. The molecule has 0 spiro atoms. The van der Waals surface area contributed by atoms with E-state index in [9.17, 15) is 13.2 Å². The molecule has 1 N–H and O–H groups in total. The number of piperidine rings is 1. The second kappa shape index (κ2) is 9.20. The van der Waals surface area contributed by atoms with Crippen molar-refractivity contribution >= 4 is 15.9 Å². The molecule has 1 atom stereocenters. The molecule has 1 amide bonds. The molecule has 0 bridgehead atoms. The van der Waals surface area contributed by atoms with Gasteiger partial charge in [0, 0.05) is 32.8 Å². The number of benzene rings is 1. The Morgan fingerprint density at radius 1 is 1.23 bits per heavy atom. The van der Waals surface area contributed by atoms with Crippen molar-refractivity contribution in [2.75, 3.05) is 47.6 Å². The largest absolute Gasteiger partial charge is 0.493 e. The summed E-state index contributed by atoms with van der Waals surface area (Å²) in [6.07, 6.45) is 1.30. The molecule has 1 aromatic carbocycles. The summed E-state index contributed by atoms with van der Waals surface area (Å²) in [5.41, 5.74) is 0. The van der Waals surface area contributed by atoms with E-state index in [-0.39, 0.29) is 23.3 Å². The van der Waals surface area contributed by atoms with Crippen LogP contribution < -0.4 is 14.8 Å². The molecule has 0 radical (unpaired) electrons. The maximum absolute atomic E-state index is 13.0. The average Bonchev–Trinajstić information content (AvgIpc) is 2.67. The van der Waals surface area contributed by atoms with Gasteiger partial charge in [0.2, 0.25) is 15.9 Å². The molecule has 8 nitrogen and oxygen atoms in total. The van der Waals surface area contributed by atoms with Crippen LogP contribution in [0.2, 0.25) is 0 Å². The lowest BCUT2D eigenvalue weighted by atomic mass is 9.99. The molecule has 9 heteroatoms. The molecule has 1 fully saturated rings. The zero-order valence-corrected chi connectivity index (χ0v) is 16.2. The summed E-state index contributed by atoms with van der Waals surface area (Å²) in [5.74, 6) is 0.296. The van der Waals surface area contributed by atoms with Gasteiger partial charge in [0.25, 0.3) is 0 Å². The Morgan fingerprint density at radius 3 is 2.62 bits per heavy atom. The van der Waals surface area contributed by atoms with Gasteiger partial charge in [-0.3, -0.25) is 4.79 Å². The molecule has 2 rings (SSSR count). The molecule has 0 saturated carbocycles. The molecule has 0 aliphatic carbocycles. The van der Waals surface area contributed by atoms with Crippen LogP contribution in [0.1, 0.15) is 12.8 Å². The number of methoxy groups -OCH3 is 3. The Morgan fingerprint density at radius 2 is 1.96 bits per heavy atom. The second-order valence-corrected chi connectivity index (χ2v) is 7.94. The van der Waals surface area contributed by atoms with Gasteiger partial charge >= 0.3 is 0 Å². The molecule has 1 aliphatic rings. The van der Waals surface area contributed by atoms with Crippen molar-refractivity contribution in [1.82, 2.24) is 9.62 Å². The number of hydrogen-bond acceptors (Lipinski definition) is 6. The summed E-state index contributed by atoms with van der Waals surface area (Å²) in [4.78, 5) is 12.4. The Hall–Kier alpha value is -1.84. The van der Waals surface area contributed by atoms with Gasteiger partial charge in [0.05, 0.1) is 31.6 Å². The third-order valence-electron chi connectivity index (χ3n) is 4.35. The predicted molar refractivity (Wildman–Crippen MR) is 95.9 cm³/mol. The van der Waals surface area contributed by atoms with E-state index in [0.717, 1.165) is 0 Å². The molecular formula is C17H26N2O6S. The second-order valence-electron chi connectivity index (χ2n) is 6.00. The quantitative estimate of drug-likeness (QED) is 0.666. The first-order valence-electron chi connectivity index (χ1n) is 8.43. The van der Waals surface area contributed by atoms with Crippen molar-refractivity contribution in [3.8, 4) is 11.5 Å². The van der Waals surface area contributed by atoms with E-state index in [1.165, 1.54) is 30.7 Å². The highest BCUT2D eigenvalue weighted by atomic mass is 32.2. The van der Waals surface area contributed by atoms with E-state index >= 15 is 0 Å². The molecule has 1 unspecified atom stereocenters. The zero-order valence-electron chi connectivity index (χ0n) is 15.4. The Bertz CT molecular complexity index is 722. The van der Waals surface area contributed by atoms with E-state index in [4.69, 9.17) is 14.2 Å². The van der Waals surface area contributed by atoms with Crippen LogP contribution in [0.15, 0.2) is 23.1 Å². The van der Waals surface area contributed by atoms with Gasteiger partial charge in [-0.05, 0) is 25.0 Å². The number of amides is 1.